The first kappa shape index (κ1) is 19.2. The Bertz CT molecular complexity index is 453. The lowest BCUT2D eigenvalue weighted by molar-refractivity contribution is -0.142. The molecule has 1 aliphatic rings. The van der Waals surface area contributed by atoms with E-state index in [-0.39, 0.29) is 6.03 Å². The Morgan fingerprint density at radius 1 is 1.04 bits per heavy atom. The number of carbonyl (C=O) groups excluding carboxylic acids is 2. The minimum absolute atomic E-state index is 0.295. The fourth-order valence-electron chi connectivity index (χ4n) is 2.26. The van der Waals surface area contributed by atoms with Crippen LogP contribution in [0, 0.1) is 5.41 Å². The molecule has 0 bridgehead atoms. The minimum atomic E-state index is -1.11. The molecular weight excluding hydrogens is 300 g/mol. The van der Waals surface area contributed by atoms with Crippen molar-refractivity contribution < 1.29 is 19.5 Å². The maximum Gasteiger partial charge on any atom is 0.325 e. The van der Waals surface area contributed by atoms with Crippen molar-refractivity contribution in [2.75, 3.05) is 33.2 Å². The molecular formula is C15H28N4O4. The molecule has 3 amide bonds. The number of rotatable bonds is 4. The summed E-state index contributed by atoms with van der Waals surface area (Å²) in [7, 11) is 1.99. The van der Waals surface area contributed by atoms with Gasteiger partial charge in [-0.3, -0.25) is 9.59 Å². The third-order valence-electron chi connectivity index (χ3n) is 3.92. The van der Waals surface area contributed by atoms with Crippen LogP contribution >= 0.6 is 0 Å². The predicted octanol–water partition coefficient (Wildman–Crippen LogP) is -0.0526. The molecule has 8 heteroatoms. The van der Waals surface area contributed by atoms with Gasteiger partial charge in [0.25, 0.3) is 0 Å². The second-order valence-electron chi connectivity index (χ2n) is 7.11. The van der Waals surface area contributed by atoms with Gasteiger partial charge in [0.15, 0.2) is 0 Å². The van der Waals surface area contributed by atoms with Crippen LogP contribution in [0.5, 0.6) is 0 Å². The fourth-order valence-corrected chi connectivity index (χ4v) is 2.26. The summed E-state index contributed by atoms with van der Waals surface area (Å²) < 4.78 is 0. The van der Waals surface area contributed by atoms with Gasteiger partial charge in [0.2, 0.25) is 5.91 Å². The number of carboxylic acids is 1. The lowest BCUT2D eigenvalue weighted by Gasteiger charge is -2.36. The maximum absolute atomic E-state index is 12.4. The van der Waals surface area contributed by atoms with E-state index in [2.05, 4.69) is 15.5 Å². The smallest absolute Gasteiger partial charge is 0.325 e. The Morgan fingerprint density at radius 2 is 1.57 bits per heavy atom. The van der Waals surface area contributed by atoms with Gasteiger partial charge in [-0.25, -0.2) is 4.79 Å². The topological polar surface area (TPSA) is 102 Å². The number of amides is 3. The zero-order valence-electron chi connectivity index (χ0n) is 14.5. The van der Waals surface area contributed by atoms with Crippen LogP contribution in [-0.4, -0.2) is 78.1 Å². The number of urea groups is 1. The number of carbonyl (C=O) groups is 3. The summed E-state index contributed by atoms with van der Waals surface area (Å²) >= 11 is 0. The highest BCUT2D eigenvalue weighted by molar-refractivity contribution is 5.90. The highest BCUT2D eigenvalue weighted by Crippen LogP contribution is 2.20. The van der Waals surface area contributed by atoms with Gasteiger partial charge in [-0.05, 0) is 19.4 Å². The molecule has 1 saturated heterocycles. The largest absolute Gasteiger partial charge is 0.480 e. The minimum Gasteiger partial charge on any atom is -0.480 e. The van der Waals surface area contributed by atoms with Gasteiger partial charge >= 0.3 is 12.0 Å². The SMILES string of the molecule is CC(NC(=O)C(NC(=O)N1CCN(C)CC1)C(C)(C)C)C(=O)O. The quantitative estimate of drug-likeness (QED) is 0.671. The molecule has 23 heavy (non-hydrogen) atoms. The van der Waals surface area contributed by atoms with Crippen LogP contribution < -0.4 is 10.6 Å². The average molecular weight is 328 g/mol. The zero-order chi connectivity index (χ0) is 17.8. The molecule has 0 aromatic carbocycles. The first-order valence-electron chi connectivity index (χ1n) is 7.79. The van der Waals surface area contributed by atoms with Crippen molar-refractivity contribution in [2.45, 2.75) is 39.8 Å². The Labute approximate surface area is 137 Å². The van der Waals surface area contributed by atoms with E-state index >= 15 is 0 Å². The van der Waals surface area contributed by atoms with Gasteiger partial charge in [0.1, 0.15) is 12.1 Å². The standard InChI is InChI=1S/C15H28N4O4/c1-10(13(21)22)16-12(20)11(15(2,3)4)17-14(23)19-8-6-18(5)7-9-19/h10-11H,6-9H2,1-5H3,(H,16,20)(H,17,23)(H,21,22). The normalized spacial score (nSPS) is 18.9. The number of hydrogen-bond donors (Lipinski definition) is 3. The van der Waals surface area contributed by atoms with Crippen LogP contribution in [0.25, 0.3) is 0 Å². The highest BCUT2D eigenvalue weighted by Gasteiger charge is 2.35. The number of nitrogens with one attached hydrogen (secondary N) is 2. The van der Waals surface area contributed by atoms with Crippen molar-refractivity contribution in [3.8, 4) is 0 Å². The molecule has 0 radical (unpaired) electrons. The summed E-state index contributed by atoms with van der Waals surface area (Å²) in [4.78, 5) is 39.4. The van der Waals surface area contributed by atoms with Crippen molar-refractivity contribution in [1.82, 2.24) is 20.4 Å². The highest BCUT2D eigenvalue weighted by atomic mass is 16.4. The summed E-state index contributed by atoms with van der Waals surface area (Å²) in [6.07, 6.45) is 0. The van der Waals surface area contributed by atoms with E-state index in [1.165, 1.54) is 6.92 Å². The van der Waals surface area contributed by atoms with Gasteiger partial charge in [-0.15, -0.1) is 0 Å². The summed E-state index contributed by atoms with van der Waals surface area (Å²) in [6, 6.07) is -2.11. The van der Waals surface area contributed by atoms with Crippen molar-refractivity contribution >= 4 is 17.9 Å². The van der Waals surface area contributed by atoms with Crippen molar-refractivity contribution in [1.29, 1.82) is 0 Å². The van der Waals surface area contributed by atoms with Crippen LogP contribution in [0.1, 0.15) is 27.7 Å². The van der Waals surface area contributed by atoms with Gasteiger partial charge in [-0.2, -0.15) is 0 Å². The third kappa shape index (κ3) is 5.70. The van der Waals surface area contributed by atoms with Gasteiger partial charge < -0.3 is 25.5 Å². The Hall–Kier alpha value is -1.83. The van der Waals surface area contributed by atoms with E-state index in [1.807, 2.05) is 27.8 Å². The monoisotopic (exact) mass is 328 g/mol. The molecule has 0 aromatic heterocycles. The van der Waals surface area contributed by atoms with Crippen LogP contribution in [0.2, 0.25) is 0 Å². The number of aliphatic carboxylic acids is 1. The van der Waals surface area contributed by atoms with E-state index in [0.717, 1.165) is 13.1 Å². The van der Waals surface area contributed by atoms with Crippen LogP contribution in [0.4, 0.5) is 4.79 Å². The molecule has 0 spiro atoms. The van der Waals surface area contributed by atoms with Crippen molar-refractivity contribution in [3.05, 3.63) is 0 Å². The third-order valence-corrected chi connectivity index (χ3v) is 3.92. The van der Waals surface area contributed by atoms with E-state index in [9.17, 15) is 14.4 Å². The summed E-state index contributed by atoms with van der Waals surface area (Å²) in [5, 5.41) is 14.1. The molecule has 1 heterocycles. The first-order chi connectivity index (χ1) is 10.5. The van der Waals surface area contributed by atoms with Crippen LogP contribution in [0.3, 0.4) is 0 Å². The van der Waals surface area contributed by atoms with E-state index in [1.54, 1.807) is 4.90 Å². The van der Waals surface area contributed by atoms with E-state index in [4.69, 9.17) is 5.11 Å². The lowest BCUT2D eigenvalue weighted by Crippen LogP contribution is -2.60. The van der Waals surface area contributed by atoms with Gasteiger partial charge in [0, 0.05) is 26.2 Å². The second kappa shape index (κ2) is 7.63. The fraction of sp³-hybridized carbons (Fsp3) is 0.800. The number of piperazine rings is 1. The molecule has 8 nitrogen and oxygen atoms in total. The molecule has 0 aromatic rings. The van der Waals surface area contributed by atoms with Gasteiger partial charge in [-0.1, -0.05) is 20.8 Å². The number of likely N-dealkylation sites (N-methyl/N-ethyl adjacent to an activating group) is 1. The number of nitrogens with zero attached hydrogens (tertiary/aromatic N) is 2. The van der Waals surface area contributed by atoms with Gasteiger partial charge in [0.05, 0.1) is 0 Å². The molecule has 132 valence electrons. The first-order valence-corrected chi connectivity index (χ1v) is 7.79. The Kier molecular flexibility index (Phi) is 6.37. The molecule has 1 aliphatic heterocycles. The predicted molar refractivity (Wildman–Crippen MR) is 86.1 cm³/mol. The maximum atomic E-state index is 12.4. The number of hydrogen-bond acceptors (Lipinski definition) is 4. The molecule has 2 unspecified atom stereocenters. The lowest BCUT2D eigenvalue weighted by atomic mass is 9.86. The number of carboxylic acid groups (broad SMARTS) is 1. The zero-order valence-corrected chi connectivity index (χ0v) is 14.5. The molecule has 1 rings (SSSR count). The Balaban J connectivity index is 2.73. The molecule has 0 saturated carbocycles. The molecule has 3 N–H and O–H groups in total. The van der Waals surface area contributed by atoms with E-state index < -0.39 is 29.4 Å². The summed E-state index contributed by atoms with van der Waals surface area (Å²) in [6.45, 7) is 9.65. The molecule has 1 fully saturated rings. The van der Waals surface area contributed by atoms with E-state index in [0.29, 0.717) is 13.1 Å². The Morgan fingerprint density at radius 3 is 2.00 bits per heavy atom. The second-order valence-corrected chi connectivity index (χ2v) is 7.11. The van der Waals surface area contributed by atoms with Crippen LogP contribution in [-0.2, 0) is 9.59 Å². The molecule has 0 aliphatic carbocycles. The summed E-state index contributed by atoms with van der Waals surface area (Å²) in [5.41, 5.74) is -0.537. The average Bonchev–Trinajstić information content (AvgIpc) is 2.43. The molecule has 2 atom stereocenters. The van der Waals surface area contributed by atoms with Crippen molar-refractivity contribution in [3.63, 3.8) is 0 Å². The summed E-state index contributed by atoms with van der Waals surface area (Å²) in [5.74, 6) is -1.61. The van der Waals surface area contributed by atoms with Crippen LogP contribution in [0.15, 0.2) is 0 Å². The van der Waals surface area contributed by atoms with Crippen molar-refractivity contribution in [2.24, 2.45) is 5.41 Å².